The molecule has 0 saturated carbocycles. The van der Waals surface area contributed by atoms with E-state index in [1.165, 1.54) is 12.1 Å². The van der Waals surface area contributed by atoms with E-state index < -0.39 is 6.10 Å². The number of nitrogens with one attached hydrogen (secondary N) is 1. The van der Waals surface area contributed by atoms with Crippen molar-refractivity contribution < 1.29 is 9.50 Å². The second-order valence-corrected chi connectivity index (χ2v) is 4.65. The van der Waals surface area contributed by atoms with Crippen LogP contribution in [-0.4, -0.2) is 42.7 Å². The van der Waals surface area contributed by atoms with E-state index >= 15 is 0 Å². The van der Waals surface area contributed by atoms with Crippen LogP contribution in [0.5, 0.6) is 0 Å². The Labute approximate surface area is 115 Å². The maximum atomic E-state index is 12.7. The lowest BCUT2D eigenvalue weighted by molar-refractivity contribution is 0.174. The number of halogens is 1. The maximum Gasteiger partial charge on any atom is 0.123 e. The fourth-order valence-electron chi connectivity index (χ4n) is 2.01. The van der Waals surface area contributed by atoms with Crippen LogP contribution in [0, 0.1) is 5.82 Å². The second kappa shape index (κ2) is 9.02. The number of aliphatic hydroxyl groups excluding tert-OH is 1. The van der Waals surface area contributed by atoms with Crippen LogP contribution in [0.4, 0.5) is 4.39 Å². The molecule has 0 aliphatic heterocycles. The monoisotopic (exact) mass is 268 g/mol. The van der Waals surface area contributed by atoms with Gasteiger partial charge in [-0.25, -0.2) is 4.39 Å². The molecule has 0 heterocycles. The van der Waals surface area contributed by atoms with Crippen LogP contribution in [0.3, 0.4) is 0 Å². The fraction of sp³-hybridized carbons (Fsp3) is 0.600. The first-order chi connectivity index (χ1) is 9.17. The van der Waals surface area contributed by atoms with Crippen LogP contribution in [0.15, 0.2) is 24.3 Å². The molecular weight excluding hydrogens is 243 g/mol. The van der Waals surface area contributed by atoms with Gasteiger partial charge in [0.25, 0.3) is 0 Å². The Balaban J connectivity index is 2.17. The summed E-state index contributed by atoms with van der Waals surface area (Å²) in [5.74, 6) is -0.275. The van der Waals surface area contributed by atoms with Crippen LogP contribution in [0.1, 0.15) is 31.9 Å². The molecule has 1 aromatic rings. The van der Waals surface area contributed by atoms with Gasteiger partial charge in [-0.3, -0.25) is 0 Å². The molecule has 108 valence electrons. The van der Waals surface area contributed by atoms with Crippen LogP contribution in [-0.2, 0) is 0 Å². The zero-order chi connectivity index (χ0) is 14.1. The summed E-state index contributed by atoms with van der Waals surface area (Å²) in [6.07, 6.45) is 0.492. The summed E-state index contributed by atoms with van der Waals surface area (Å²) in [6.45, 7) is 8.94. The SMILES string of the molecule is CCN(CC)CCCNCC(O)c1ccc(F)cc1. The molecule has 0 aliphatic rings. The first-order valence-corrected chi connectivity index (χ1v) is 7.04. The molecule has 4 heteroatoms. The summed E-state index contributed by atoms with van der Waals surface area (Å²) >= 11 is 0. The molecule has 0 amide bonds. The first-order valence-electron chi connectivity index (χ1n) is 7.04. The van der Waals surface area contributed by atoms with Crippen molar-refractivity contribution in [1.29, 1.82) is 0 Å². The summed E-state index contributed by atoms with van der Waals surface area (Å²) in [6, 6.07) is 5.99. The molecule has 2 N–H and O–H groups in total. The molecule has 3 nitrogen and oxygen atoms in total. The summed E-state index contributed by atoms with van der Waals surface area (Å²) in [5.41, 5.74) is 0.748. The lowest BCUT2D eigenvalue weighted by Crippen LogP contribution is -2.28. The Hall–Kier alpha value is -0.970. The van der Waals surface area contributed by atoms with E-state index in [0.29, 0.717) is 6.54 Å². The van der Waals surface area contributed by atoms with Crippen molar-refractivity contribution in [3.63, 3.8) is 0 Å². The Morgan fingerprint density at radius 1 is 1.21 bits per heavy atom. The van der Waals surface area contributed by atoms with Gasteiger partial charge in [0.15, 0.2) is 0 Å². The number of hydrogen-bond donors (Lipinski definition) is 2. The Morgan fingerprint density at radius 2 is 1.84 bits per heavy atom. The average Bonchev–Trinajstić information content (AvgIpc) is 2.43. The van der Waals surface area contributed by atoms with E-state index in [9.17, 15) is 9.50 Å². The van der Waals surface area contributed by atoms with Gasteiger partial charge in [0, 0.05) is 6.54 Å². The minimum Gasteiger partial charge on any atom is -0.387 e. The Morgan fingerprint density at radius 3 is 2.42 bits per heavy atom. The van der Waals surface area contributed by atoms with Crippen molar-refractivity contribution in [3.05, 3.63) is 35.6 Å². The molecule has 1 aromatic carbocycles. The molecule has 0 radical (unpaired) electrons. The van der Waals surface area contributed by atoms with Gasteiger partial charge in [0.1, 0.15) is 5.82 Å². The quantitative estimate of drug-likeness (QED) is 0.674. The highest BCUT2D eigenvalue weighted by molar-refractivity contribution is 5.18. The second-order valence-electron chi connectivity index (χ2n) is 4.65. The lowest BCUT2D eigenvalue weighted by atomic mass is 10.1. The van der Waals surface area contributed by atoms with E-state index in [2.05, 4.69) is 24.1 Å². The third-order valence-electron chi connectivity index (χ3n) is 3.31. The van der Waals surface area contributed by atoms with Gasteiger partial charge in [-0.2, -0.15) is 0 Å². The zero-order valence-corrected chi connectivity index (χ0v) is 11.9. The molecular formula is C15H25FN2O. The third-order valence-corrected chi connectivity index (χ3v) is 3.31. The molecule has 0 spiro atoms. The van der Waals surface area contributed by atoms with E-state index in [-0.39, 0.29) is 5.82 Å². The van der Waals surface area contributed by atoms with Crippen molar-refractivity contribution >= 4 is 0 Å². The van der Waals surface area contributed by atoms with E-state index in [0.717, 1.165) is 38.2 Å². The molecule has 1 atom stereocenters. The molecule has 0 aliphatic carbocycles. The minimum atomic E-state index is -0.575. The van der Waals surface area contributed by atoms with Gasteiger partial charge in [0.05, 0.1) is 6.10 Å². The van der Waals surface area contributed by atoms with Gasteiger partial charge in [-0.15, -0.1) is 0 Å². The van der Waals surface area contributed by atoms with Crippen LogP contribution in [0.25, 0.3) is 0 Å². The third kappa shape index (κ3) is 6.14. The summed E-state index contributed by atoms with van der Waals surface area (Å²) in [7, 11) is 0. The fourth-order valence-corrected chi connectivity index (χ4v) is 2.01. The molecule has 0 saturated heterocycles. The number of rotatable bonds is 9. The summed E-state index contributed by atoms with van der Waals surface area (Å²) < 4.78 is 12.7. The van der Waals surface area contributed by atoms with Crippen molar-refractivity contribution in [2.75, 3.05) is 32.7 Å². The van der Waals surface area contributed by atoms with Crippen molar-refractivity contribution in [2.24, 2.45) is 0 Å². The van der Waals surface area contributed by atoms with E-state index in [1.807, 2.05) is 0 Å². The van der Waals surface area contributed by atoms with Gasteiger partial charge >= 0.3 is 0 Å². The predicted molar refractivity (Wildman–Crippen MR) is 76.6 cm³/mol. The maximum absolute atomic E-state index is 12.7. The van der Waals surface area contributed by atoms with E-state index in [1.54, 1.807) is 12.1 Å². The average molecular weight is 268 g/mol. The molecule has 1 rings (SSSR count). The Kier molecular flexibility index (Phi) is 7.63. The van der Waals surface area contributed by atoms with Crippen LogP contribution < -0.4 is 5.32 Å². The highest BCUT2D eigenvalue weighted by atomic mass is 19.1. The predicted octanol–water partition coefficient (Wildman–Crippen LogP) is 2.18. The van der Waals surface area contributed by atoms with Gasteiger partial charge in [0.2, 0.25) is 0 Å². The molecule has 19 heavy (non-hydrogen) atoms. The van der Waals surface area contributed by atoms with Gasteiger partial charge in [-0.05, 0) is 50.3 Å². The molecule has 0 aromatic heterocycles. The van der Waals surface area contributed by atoms with Crippen molar-refractivity contribution in [1.82, 2.24) is 10.2 Å². The number of hydrogen-bond acceptors (Lipinski definition) is 3. The lowest BCUT2D eigenvalue weighted by Gasteiger charge is -2.18. The molecule has 0 bridgehead atoms. The summed E-state index contributed by atoms with van der Waals surface area (Å²) in [5, 5.41) is 13.1. The van der Waals surface area contributed by atoms with Gasteiger partial charge < -0.3 is 15.3 Å². The minimum absolute atomic E-state index is 0.275. The highest BCUT2D eigenvalue weighted by Gasteiger charge is 2.06. The van der Waals surface area contributed by atoms with Crippen molar-refractivity contribution in [2.45, 2.75) is 26.4 Å². The molecule has 0 fully saturated rings. The number of nitrogens with zero attached hydrogens (tertiary/aromatic N) is 1. The Bertz CT molecular complexity index is 339. The topological polar surface area (TPSA) is 35.5 Å². The first kappa shape index (κ1) is 16.1. The van der Waals surface area contributed by atoms with E-state index in [4.69, 9.17) is 0 Å². The zero-order valence-electron chi connectivity index (χ0n) is 11.9. The standard InChI is InChI=1S/C15H25FN2O/c1-3-18(4-2)11-5-10-17-12-15(19)13-6-8-14(16)9-7-13/h6-9,15,17,19H,3-5,10-12H2,1-2H3. The van der Waals surface area contributed by atoms with Crippen molar-refractivity contribution in [3.8, 4) is 0 Å². The van der Waals surface area contributed by atoms with Crippen LogP contribution >= 0.6 is 0 Å². The number of aliphatic hydroxyl groups is 1. The number of benzene rings is 1. The summed E-state index contributed by atoms with van der Waals surface area (Å²) in [4.78, 5) is 2.37. The molecule has 1 unspecified atom stereocenters. The van der Waals surface area contributed by atoms with Gasteiger partial charge in [-0.1, -0.05) is 26.0 Å². The van der Waals surface area contributed by atoms with Crippen LogP contribution in [0.2, 0.25) is 0 Å². The highest BCUT2D eigenvalue weighted by Crippen LogP contribution is 2.12. The smallest absolute Gasteiger partial charge is 0.123 e. The normalized spacial score (nSPS) is 12.9. The largest absolute Gasteiger partial charge is 0.387 e.